The van der Waals surface area contributed by atoms with Gasteiger partial charge in [0.1, 0.15) is 11.9 Å². The number of rotatable bonds is 23. The van der Waals surface area contributed by atoms with Crippen LogP contribution < -0.4 is 9.46 Å². The first-order valence-corrected chi connectivity index (χ1v) is 16.1. The highest BCUT2D eigenvalue weighted by atomic mass is 32.2. The normalized spacial score (nSPS) is 12.7. The summed E-state index contributed by atoms with van der Waals surface area (Å²) in [5.74, 6) is 1.51. The number of benzene rings is 1. The number of thiol groups is 1. The van der Waals surface area contributed by atoms with E-state index in [9.17, 15) is 8.42 Å². The molecule has 4 nitrogen and oxygen atoms in total. The Labute approximate surface area is 216 Å². The summed E-state index contributed by atoms with van der Waals surface area (Å²) >= 11 is 4.09. The molecule has 0 aliphatic heterocycles. The van der Waals surface area contributed by atoms with Crippen LogP contribution in [0.5, 0.6) is 5.75 Å². The predicted octanol–water partition coefficient (Wildman–Crippen LogP) is 7.72. The zero-order chi connectivity index (χ0) is 24.9. The van der Waals surface area contributed by atoms with Gasteiger partial charge in [-0.3, -0.25) is 0 Å². The van der Waals surface area contributed by atoms with Crippen LogP contribution in [0.3, 0.4) is 0 Å². The van der Waals surface area contributed by atoms with Crippen molar-refractivity contribution < 1.29 is 13.2 Å². The molecule has 0 aliphatic rings. The van der Waals surface area contributed by atoms with Crippen LogP contribution >= 0.6 is 12.6 Å². The fraction of sp³-hybridized carbons (Fsp3) is 0.786. The van der Waals surface area contributed by atoms with Gasteiger partial charge >= 0.3 is 0 Å². The summed E-state index contributed by atoms with van der Waals surface area (Å²) in [5.41, 5.74) is 1.30. The molecule has 1 atom stereocenters. The van der Waals surface area contributed by atoms with E-state index in [1.165, 1.54) is 89.0 Å². The number of unbranched alkanes of at least 4 members (excludes halogenated alkanes) is 12. The molecule has 0 aliphatic carbocycles. The van der Waals surface area contributed by atoms with Crippen LogP contribution in [0.2, 0.25) is 0 Å². The molecule has 0 amide bonds. The third kappa shape index (κ3) is 16.8. The van der Waals surface area contributed by atoms with Crippen LogP contribution in [0.4, 0.5) is 0 Å². The molecule has 1 aromatic carbocycles. The zero-order valence-corrected chi connectivity index (χ0v) is 23.6. The summed E-state index contributed by atoms with van der Waals surface area (Å²) in [6.07, 6.45) is 20.0. The minimum absolute atomic E-state index is 0.113. The van der Waals surface area contributed by atoms with E-state index in [-0.39, 0.29) is 11.9 Å². The Balaban J connectivity index is 2.18. The Kier molecular flexibility index (Phi) is 18.9. The summed E-state index contributed by atoms with van der Waals surface area (Å²) in [6.45, 7) is 4.59. The summed E-state index contributed by atoms with van der Waals surface area (Å²) < 4.78 is 32.8. The van der Waals surface area contributed by atoms with Gasteiger partial charge in [-0.2, -0.15) is 12.6 Å². The fourth-order valence-corrected chi connectivity index (χ4v) is 5.61. The SMILES string of the molecule is CCCCCCCCCCCCCCCc1cccc(OC(CC)CNS(=O)(=O)CCCS)c1. The van der Waals surface area contributed by atoms with Crippen LogP contribution in [0.1, 0.15) is 116 Å². The van der Waals surface area contributed by atoms with Gasteiger partial charge in [0.05, 0.1) is 5.75 Å². The molecular weight excluding hydrogens is 462 g/mol. The largest absolute Gasteiger partial charge is 0.489 e. The highest BCUT2D eigenvalue weighted by Gasteiger charge is 2.14. The maximum Gasteiger partial charge on any atom is 0.211 e. The molecule has 34 heavy (non-hydrogen) atoms. The molecule has 1 aromatic rings. The molecule has 0 bridgehead atoms. The summed E-state index contributed by atoms with van der Waals surface area (Å²) in [4.78, 5) is 0. The minimum Gasteiger partial charge on any atom is -0.489 e. The van der Waals surface area contributed by atoms with Crippen LogP contribution in [-0.2, 0) is 16.4 Å². The van der Waals surface area contributed by atoms with Crippen LogP contribution in [0.25, 0.3) is 0 Å². The highest BCUT2D eigenvalue weighted by Crippen LogP contribution is 2.19. The van der Waals surface area contributed by atoms with Gasteiger partial charge in [-0.15, -0.1) is 0 Å². The Hall–Kier alpha value is -0.720. The molecule has 6 heteroatoms. The first-order valence-electron chi connectivity index (χ1n) is 13.8. The van der Waals surface area contributed by atoms with Gasteiger partial charge in [0, 0.05) is 6.54 Å². The number of hydrogen-bond donors (Lipinski definition) is 2. The Morgan fingerprint density at radius 3 is 2.00 bits per heavy atom. The maximum atomic E-state index is 12.0. The maximum absolute atomic E-state index is 12.0. The molecule has 1 N–H and O–H groups in total. The quantitative estimate of drug-likeness (QED) is 0.116. The van der Waals surface area contributed by atoms with Crippen molar-refractivity contribution in [3.8, 4) is 5.75 Å². The van der Waals surface area contributed by atoms with Gasteiger partial charge in [-0.25, -0.2) is 13.1 Å². The summed E-state index contributed by atoms with van der Waals surface area (Å²) in [5, 5.41) is 0. The molecule has 0 heterocycles. The molecule has 0 saturated carbocycles. The highest BCUT2D eigenvalue weighted by molar-refractivity contribution is 7.89. The van der Waals surface area contributed by atoms with Gasteiger partial charge in [0.2, 0.25) is 10.0 Å². The standard InChI is InChI=1S/C28H51NO3S2/c1-3-5-6-7-8-9-10-11-12-13-14-15-16-19-26-20-17-21-28(24-26)32-27(4-2)25-29-34(30,31)23-18-22-33/h17,20-21,24,27,29,33H,3-16,18-19,22-23,25H2,1-2H3. The number of nitrogens with one attached hydrogen (secondary N) is 1. The van der Waals surface area contributed by atoms with E-state index in [2.05, 4.69) is 36.4 Å². The molecule has 1 unspecified atom stereocenters. The van der Waals surface area contributed by atoms with Crippen molar-refractivity contribution in [3.63, 3.8) is 0 Å². The fourth-order valence-electron chi connectivity index (χ4n) is 4.13. The van der Waals surface area contributed by atoms with Crippen molar-refractivity contribution in [1.82, 2.24) is 4.72 Å². The molecule has 0 saturated heterocycles. The van der Waals surface area contributed by atoms with Gasteiger partial charge in [0.25, 0.3) is 0 Å². The molecule has 0 aromatic heterocycles. The lowest BCUT2D eigenvalue weighted by Gasteiger charge is -2.19. The molecule has 198 valence electrons. The molecular formula is C28H51NO3S2. The monoisotopic (exact) mass is 513 g/mol. The second-order valence-electron chi connectivity index (χ2n) is 9.53. The molecule has 0 spiro atoms. The number of aryl methyl sites for hydroxylation is 1. The Bertz CT molecular complexity index is 709. The molecule has 1 rings (SSSR count). The lowest BCUT2D eigenvalue weighted by atomic mass is 10.0. The minimum atomic E-state index is -3.26. The number of hydrogen-bond acceptors (Lipinski definition) is 4. The van der Waals surface area contributed by atoms with E-state index in [4.69, 9.17) is 4.74 Å². The lowest BCUT2D eigenvalue weighted by molar-refractivity contribution is 0.200. The van der Waals surface area contributed by atoms with Gasteiger partial charge in [0.15, 0.2) is 0 Å². The van der Waals surface area contributed by atoms with E-state index in [1.54, 1.807) is 0 Å². The van der Waals surface area contributed by atoms with Crippen molar-refractivity contribution in [2.24, 2.45) is 0 Å². The third-order valence-corrected chi connectivity index (χ3v) is 8.08. The third-order valence-electron chi connectivity index (χ3n) is 6.33. The van der Waals surface area contributed by atoms with E-state index >= 15 is 0 Å². The van der Waals surface area contributed by atoms with Crippen LogP contribution in [0.15, 0.2) is 24.3 Å². The number of sulfonamides is 1. The number of ether oxygens (including phenoxy) is 1. The summed E-state index contributed by atoms with van der Waals surface area (Å²) in [6, 6.07) is 8.27. The van der Waals surface area contributed by atoms with Gasteiger partial charge in [-0.1, -0.05) is 103 Å². The lowest BCUT2D eigenvalue weighted by Crippen LogP contribution is -2.36. The van der Waals surface area contributed by atoms with Crippen molar-refractivity contribution in [3.05, 3.63) is 29.8 Å². The molecule has 0 fully saturated rings. The summed E-state index contributed by atoms with van der Waals surface area (Å²) in [7, 11) is -3.26. The predicted molar refractivity (Wildman–Crippen MR) is 151 cm³/mol. The zero-order valence-electron chi connectivity index (χ0n) is 21.9. The van der Waals surface area contributed by atoms with Crippen LogP contribution in [-0.4, -0.2) is 32.6 Å². The van der Waals surface area contributed by atoms with Crippen LogP contribution in [0, 0.1) is 0 Å². The van der Waals surface area contributed by atoms with Gasteiger partial charge in [-0.05, 0) is 49.1 Å². The van der Waals surface area contributed by atoms with Crippen molar-refractivity contribution >= 4 is 22.7 Å². The molecule has 0 radical (unpaired) electrons. The topological polar surface area (TPSA) is 55.4 Å². The van der Waals surface area contributed by atoms with Crippen molar-refractivity contribution in [1.29, 1.82) is 0 Å². The van der Waals surface area contributed by atoms with Crippen molar-refractivity contribution in [2.75, 3.05) is 18.1 Å². The first kappa shape index (κ1) is 31.3. The smallest absolute Gasteiger partial charge is 0.211 e. The average Bonchev–Trinajstić information content (AvgIpc) is 2.83. The van der Waals surface area contributed by atoms with E-state index < -0.39 is 10.0 Å². The first-order chi connectivity index (χ1) is 16.5. The van der Waals surface area contributed by atoms with E-state index in [0.29, 0.717) is 18.7 Å². The second kappa shape index (κ2) is 20.5. The van der Waals surface area contributed by atoms with Gasteiger partial charge < -0.3 is 4.74 Å². The Morgan fingerprint density at radius 2 is 1.44 bits per heavy atom. The second-order valence-corrected chi connectivity index (χ2v) is 11.9. The van der Waals surface area contributed by atoms with E-state index in [1.807, 2.05) is 19.1 Å². The Morgan fingerprint density at radius 1 is 0.853 bits per heavy atom. The van der Waals surface area contributed by atoms with E-state index in [0.717, 1.165) is 18.6 Å². The van der Waals surface area contributed by atoms with Crippen molar-refractivity contribution in [2.45, 2.75) is 123 Å². The average molecular weight is 514 g/mol.